The average Bonchev–Trinajstić information content (AvgIpc) is 2.08. The summed E-state index contributed by atoms with van der Waals surface area (Å²) < 4.78 is 17.1. The van der Waals surface area contributed by atoms with Gasteiger partial charge in [0.25, 0.3) is 0 Å². The third kappa shape index (κ3) is 1.57. The fourth-order valence-electron chi connectivity index (χ4n) is 1.10. The smallest absolute Gasteiger partial charge is 0.228 e. The van der Waals surface area contributed by atoms with E-state index in [1.165, 1.54) is 0 Å². The molecule has 6 heteroatoms. The van der Waals surface area contributed by atoms with Gasteiger partial charge >= 0.3 is 0 Å². The molecule has 1 rings (SSSR count). The summed E-state index contributed by atoms with van der Waals surface area (Å²) in [7, 11) is 0. The number of hydrogen-bond donors (Lipinski definition) is 4. The number of aliphatic hydroxyl groups is 3. The quantitative estimate of drug-likeness (QED) is 0.365. The van der Waals surface area contributed by atoms with Crippen LogP contribution in [0.1, 0.15) is 0 Å². The molecule has 0 radical (unpaired) electrons. The highest BCUT2D eigenvalue weighted by atomic mass is 19.1. The summed E-state index contributed by atoms with van der Waals surface area (Å²) in [4.78, 5) is 0. The Kier molecular flexibility index (Phi) is 2.97. The fourth-order valence-corrected chi connectivity index (χ4v) is 1.10. The van der Waals surface area contributed by atoms with Crippen LogP contribution in [0.5, 0.6) is 0 Å². The molecule has 0 amide bonds. The number of ether oxygens (including phenoxy) is 1. The SMILES string of the molecule is NCC1OC(F)C(O)C(O)C1O. The van der Waals surface area contributed by atoms with E-state index in [9.17, 15) is 4.39 Å². The molecule has 0 aliphatic carbocycles. The van der Waals surface area contributed by atoms with Gasteiger partial charge in [-0.2, -0.15) is 0 Å². The van der Waals surface area contributed by atoms with Gasteiger partial charge in [0.1, 0.15) is 24.4 Å². The van der Waals surface area contributed by atoms with Crippen LogP contribution in [-0.4, -0.2) is 52.6 Å². The molecule has 1 aliphatic rings. The standard InChI is InChI=1S/C6H12FNO4/c7-6-5(11)4(10)3(9)2(1-8)12-6/h2-6,9-11H,1,8H2. The molecule has 0 spiro atoms. The zero-order valence-electron chi connectivity index (χ0n) is 6.30. The summed E-state index contributed by atoms with van der Waals surface area (Å²) in [6.45, 7) is -0.106. The highest BCUT2D eigenvalue weighted by Crippen LogP contribution is 2.20. The number of aliphatic hydroxyl groups excluding tert-OH is 3. The molecular formula is C6H12FNO4. The first-order chi connectivity index (χ1) is 5.57. The molecule has 0 aromatic heterocycles. The topological polar surface area (TPSA) is 95.9 Å². The van der Waals surface area contributed by atoms with Gasteiger partial charge in [-0.1, -0.05) is 0 Å². The maximum Gasteiger partial charge on any atom is 0.228 e. The molecule has 0 bridgehead atoms. The molecule has 5 atom stereocenters. The first-order valence-corrected chi connectivity index (χ1v) is 3.61. The molecule has 1 heterocycles. The molecule has 72 valence electrons. The van der Waals surface area contributed by atoms with Crippen molar-refractivity contribution in [1.29, 1.82) is 0 Å². The summed E-state index contributed by atoms with van der Waals surface area (Å²) in [5.41, 5.74) is 5.12. The van der Waals surface area contributed by atoms with Crippen LogP contribution in [0.25, 0.3) is 0 Å². The molecular weight excluding hydrogens is 169 g/mol. The van der Waals surface area contributed by atoms with E-state index in [4.69, 9.17) is 21.1 Å². The first-order valence-electron chi connectivity index (χ1n) is 3.61. The maximum atomic E-state index is 12.6. The number of alkyl halides is 1. The van der Waals surface area contributed by atoms with E-state index in [-0.39, 0.29) is 6.54 Å². The second-order valence-electron chi connectivity index (χ2n) is 2.73. The Morgan fingerprint density at radius 3 is 2.25 bits per heavy atom. The Morgan fingerprint density at radius 1 is 1.17 bits per heavy atom. The lowest BCUT2D eigenvalue weighted by Gasteiger charge is -2.36. The largest absolute Gasteiger partial charge is 0.388 e. The molecule has 1 fully saturated rings. The van der Waals surface area contributed by atoms with Crippen LogP contribution in [0.3, 0.4) is 0 Å². The van der Waals surface area contributed by atoms with Crippen molar-refractivity contribution in [2.45, 2.75) is 30.8 Å². The first kappa shape index (κ1) is 9.82. The second kappa shape index (κ2) is 3.63. The van der Waals surface area contributed by atoms with Gasteiger partial charge < -0.3 is 25.8 Å². The van der Waals surface area contributed by atoms with E-state index in [0.717, 1.165) is 0 Å². The van der Waals surface area contributed by atoms with Crippen LogP contribution in [0, 0.1) is 0 Å². The van der Waals surface area contributed by atoms with Gasteiger partial charge in [-0.05, 0) is 0 Å². The second-order valence-corrected chi connectivity index (χ2v) is 2.73. The summed E-state index contributed by atoms with van der Waals surface area (Å²) >= 11 is 0. The molecule has 5 nitrogen and oxygen atoms in total. The number of nitrogens with two attached hydrogens (primary N) is 1. The third-order valence-corrected chi connectivity index (χ3v) is 1.89. The zero-order valence-corrected chi connectivity index (χ0v) is 6.30. The summed E-state index contributed by atoms with van der Waals surface area (Å²) in [5, 5.41) is 27.1. The van der Waals surface area contributed by atoms with Crippen LogP contribution in [0.2, 0.25) is 0 Å². The van der Waals surface area contributed by atoms with Gasteiger partial charge in [0.05, 0.1) is 0 Å². The van der Waals surface area contributed by atoms with E-state index in [0.29, 0.717) is 0 Å². The van der Waals surface area contributed by atoms with Gasteiger partial charge in [-0.15, -0.1) is 0 Å². The van der Waals surface area contributed by atoms with E-state index >= 15 is 0 Å². The Hall–Kier alpha value is -0.270. The van der Waals surface area contributed by atoms with E-state index in [2.05, 4.69) is 4.74 Å². The highest BCUT2D eigenvalue weighted by molar-refractivity contribution is 4.88. The molecule has 5 N–H and O–H groups in total. The third-order valence-electron chi connectivity index (χ3n) is 1.89. The zero-order chi connectivity index (χ0) is 9.30. The lowest BCUT2D eigenvalue weighted by atomic mass is 10.00. The van der Waals surface area contributed by atoms with Crippen molar-refractivity contribution in [3.05, 3.63) is 0 Å². The molecule has 0 saturated carbocycles. The summed E-state index contributed by atoms with van der Waals surface area (Å²) in [6, 6.07) is 0. The van der Waals surface area contributed by atoms with Gasteiger partial charge in [-0.25, -0.2) is 4.39 Å². The van der Waals surface area contributed by atoms with Crippen molar-refractivity contribution in [3.63, 3.8) is 0 Å². The minimum absolute atomic E-state index is 0.106. The normalized spacial score (nSPS) is 49.2. The molecule has 1 saturated heterocycles. The number of rotatable bonds is 1. The Balaban J connectivity index is 2.63. The van der Waals surface area contributed by atoms with Gasteiger partial charge in [-0.3, -0.25) is 0 Å². The van der Waals surface area contributed by atoms with Crippen LogP contribution in [0.4, 0.5) is 4.39 Å². The lowest BCUT2D eigenvalue weighted by molar-refractivity contribution is -0.254. The molecule has 0 aromatic carbocycles. The average molecular weight is 181 g/mol. The predicted molar refractivity (Wildman–Crippen MR) is 36.8 cm³/mol. The molecule has 12 heavy (non-hydrogen) atoms. The Labute approximate surface area is 68.6 Å². The fraction of sp³-hybridized carbons (Fsp3) is 1.00. The van der Waals surface area contributed by atoms with Crippen molar-refractivity contribution < 1.29 is 24.4 Å². The number of hydrogen-bond acceptors (Lipinski definition) is 5. The minimum Gasteiger partial charge on any atom is -0.388 e. The lowest BCUT2D eigenvalue weighted by Crippen LogP contribution is -2.58. The monoisotopic (exact) mass is 181 g/mol. The van der Waals surface area contributed by atoms with Gasteiger partial charge in [0, 0.05) is 6.54 Å². The van der Waals surface area contributed by atoms with Crippen LogP contribution >= 0.6 is 0 Å². The van der Waals surface area contributed by atoms with Crippen LogP contribution < -0.4 is 5.73 Å². The van der Waals surface area contributed by atoms with Crippen molar-refractivity contribution in [1.82, 2.24) is 0 Å². The van der Waals surface area contributed by atoms with E-state index in [1.807, 2.05) is 0 Å². The summed E-state index contributed by atoms with van der Waals surface area (Å²) in [5.74, 6) is 0. The predicted octanol–water partition coefficient (Wildman–Crippen LogP) is -2.28. The Bertz CT molecular complexity index is 154. The van der Waals surface area contributed by atoms with Crippen molar-refractivity contribution in [2.75, 3.05) is 6.54 Å². The minimum atomic E-state index is -1.99. The molecule has 0 aromatic rings. The highest BCUT2D eigenvalue weighted by Gasteiger charge is 2.43. The number of halogens is 1. The van der Waals surface area contributed by atoms with Gasteiger partial charge in [0.2, 0.25) is 6.36 Å². The molecule has 5 unspecified atom stereocenters. The van der Waals surface area contributed by atoms with Crippen LogP contribution in [-0.2, 0) is 4.74 Å². The molecule has 1 aliphatic heterocycles. The van der Waals surface area contributed by atoms with E-state index in [1.54, 1.807) is 0 Å². The van der Waals surface area contributed by atoms with Gasteiger partial charge in [0.15, 0.2) is 0 Å². The van der Waals surface area contributed by atoms with Crippen molar-refractivity contribution in [3.8, 4) is 0 Å². The summed E-state index contributed by atoms with van der Waals surface area (Å²) in [6.07, 6.45) is -7.53. The van der Waals surface area contributed by atoms with Crippen molar-refractivity contribution >= 4 is 0 Å². The van der Waals surface area contributed by atoms with E-state index < -0.39 is 30.8 Å². The van der Waals surface area contributed by atoms with Crippen LogP contribution in [0.15, 0.2) is 0 Å². The maximum absolute atomic E-state index is 12.6. The van der Waals surface area contributed by atoms with Crippen molar-refractivity contribution in [2.24, 2.45) is 5.73 Å². The Morgan fingerprint density at radius 2 is 1.75 bits per heavy atom.